The lowest BCUT2D eigenvalue weighted by atomic mass is 10.0. The van der Waals surface area contributed by atoms with E-state index in [2.05, 4.69) is 11.8 Å². The topological polar surface area (TPSA) is 21.7 Å². The highest BCUT2D eigenvalue weighted by atomic mass is 19.1. The van der Waals surface area contributed by atoms with Crippen molar-refractivity contribution in [3.05, 3.63) is 29.6 Å². The molecule has 0 bridgehead atoms. The Kier molecular flexibility index (Phi) is 3.22. The quantitative estimate of drug-likeness (QED) is 0.760. The minimum Gasteiger partial charge on any atom is -0.492 e. The van der Waals surface area contributed by atoms with Gasteiger partial charge in [-0.1, -0.05) is 6.07 Å². The Morgan fingerprint density at radius 2 is 2.28 bits per heavy atom. The fourth-order valence-corrected chi connectivity index (χ4v) is 2.74. The smallest absolute Gasteiger partial charge is 0.126 e. The van der Waals surface area contributed by atoms with Crippen LogP contribution in [-0.2, 0) is 11.2 Å². The summed E-state index contributed by atoms with van der Waals surface area (Å²) in [4.78, 5) is 2.42. The second-order valence-electron chi connectivity index (χ2n) is 5.10. The molecule has 2 atom stereocenters. The van der Waals surface area contributed by atoms with Gasteiger partial charge in [0.25, 0.3) is 0 Å². The van der Waals surface area contributed by atoms with E-state index in [1.807, 2.05) is 6.07 Å². The number of nitrogens with zero attached hydrogens (tertiary/aromatic N) is 1. The predicted octanol–water partition coefficient (Wildman–Crippen LogP) is 1.85. The van der Waals surface area contributed by atoms with Crippen LogP contribution in [0.25, 0.3) is 0 Å². The van der Waals surface area contributed by atoms with Crippen molar-refractivity contribution in [2.45, 2.75) is 25.5 Å². The second-order valence-corrected chi connectivity index (χ2v) is 5.10. The van der Waals surface area contributed by atoms with E-state index < -0.39 is 0 Å². The second kappa shape index (κ2) is 4.86. The first-order valence-corrected chi connectivity index (χ1v) is 6.49. The Morgan fingerprint density at radius 1 is 1.39 bits per heavy atom. The Hall–Kier alpha value is -1.13. The van der Waals surface area contributed by atoms with Gasteiger partial charge in [-0.2, -0.15) is 0 Å². The Morgan fingerprint density at radius 3 is 3.11 bits per heavy atom. The van der Waals surface area contributed by atoms with Gasteiger partial charge in [0.15, 0.2) is 0 Å². The standard InChI is InChI=1S/C14H18FNO2/c1-10-8-16(4-5-17-10)13-6-11-2-3-12(15)7-14(11)18-9-13/h2-3,7,10,13H,4-6,8-9H2,1H3/t10-,13-/m1/s1. The molecule has 3 rings (SSSR count). The zero-order chi connectivity index (χ0) is 12.5. The molecule has 0 spiro atoms. The molecule has 4 heteroatoms. The third-order valence-corrected chi connectivity index (χ3v) is 3.70. The monoisotopic (exact) mass is 251 g/mol. The van der Waals surface area contributed by atoms with Gasteiger partial charge in [0.05, 0.1) is 12.7 Å². The first-order chi connectivity index (χ1) is 8.72. The third kappa shape index (κ3) is 2.35. The van der Waals surface area contributed by atoms with Gasteiger partial charge in [-0.25, -0.2) is 4.39 Å². The normalized spacial score (nSPS) is 28.6. The van der Waals surface area contributed by atoms with Crippen molar-refractivity contribution in [2.24, 2.45) is 0 Å². The summed E-state index contributed by atoms with van der Waals surface area (Å²) < 4.78 is 24.3. The van der Waals surface area contributed by atoms with E-state index in [9.17, 15) is 4.39 Å². The maximum absolute atomic E-state index is 13.1. The fourth-order valence-electron chi connectivity index (χ4n) is 2.74. The summed E-state index contributed by atoms with van der Waals surface area (Å²) in [5.74, 6) is 0.472. The molecule has 0 unspecified atom stereocenters. The minimum absolute atomic E-state index is 0.229. The average molecular weight is 251 g/mol. The van der Waals surface area contributed by atoms with Crippen LogP contribution in [0.4, 0.5) is 4.39 Å². The molecule has 18 heavy (non-hydrogen) atoms. The molecule has 0 radical (unpaired) electrons. The Labute approximate surface area is 106 Å². The largest absolute Gasteiger partial charge is 0.492 e. The van der Waals surface area contributed by atoms with Gasteiger partial charge in [0, 0.05) is 25.2 Å². The highest BCUT2D eigenvalue weighted by molar-refractivity contribution is 5.36. The number of hydrogen-bond donors (Lipinski definition) is 0. The molecule has 1 fully saturated rings. The van der Waals surface area contributed by atoms with E-state index in [4.69, 9.17) is 9.47 Å². The molecule has 1 aromatic carbocycles. The summed E-state index contributed by atoms with van der Waals surface area (Å²) in [5.41, 5.74) is 1.10. The first-order valence-electron chi connectivity index (χ1n) is 6.49. The molecule has 0 aliphatic carbocycles. The van der Waals surface area contributed by atoms with Gasteiger partial charge >= 0.3 is 0 Å². The fraction of sp³-hybridized carbons (Fsp3) is 0.571. The molecule has 1 aromatic rings. The van der Waals surface area contributed by atoms with Crippen molar-refractivity contribution in [1.82, 2.24) is 4.90 Å². The number of fused-ring (bicyclic) bond motifs is 1. The summed E-state index contributed by atoms with van der Waals surface area (Å²) in [5, 5.41) is 0. The predicted molar refractivity (Wildman–Crippen MR) is 66.4 cm³/mol. The lowest BCUT2D eigenvalue weighted by Crippen LogP contribution is -2.50. The SMILES string of the molecule is C[C@@H]1CN([C@H]2COc3cc(F)ccc3C2)CCO1. The van der Waals surface area contributed by atoms with E-state index in [1.54, 1.807) is 0 Å². The van der Waals surface area contributed by atoms with E-state index >= 15 is 0 Å². The van der Waals surface area contributed by atoms with E-state index in [0.717, 1.165) is 31.7 Å². The van der Waals surface area contributed by atoms with Crippen LogP contribution in [0.5, 0.6) is 5.75 Å². The summed E-state index contributed by atoms with van der Waals surface area (Å²) in [6.07, 6.45) is 1.22. The van der Waals surface area contributed by atoms with Crippen LogP contribution in [0.3, 0.4) is 0 Å². The number of morpholine rings is 1. The van der Waals surface area contributed by atoms with Crippen molar-refractivity contribution in [2.75, 3.05) is 26.3 Å². The van der Waals surface area contributed by atoms with Gasteiger partial charge in [-0.15, -0.1) is 0 Å². The zero-order valence-electron chi connectivity index (χ0n) is 10.6. The molecule has 0 N–H and O–H groups in total. The summed E-state index contributed by atoms with van der Waals surface area (Å²) in [7, 11) is 0. The molecule has 2 aliphatic rings. The minimum atomic E-state index is -0.229. The first kappa shape index (κ1) is 11.9. The van der Waals surface area contributed by atoms with Crippen LogP contribution >= 0.6 is 0 Å². The lowest BCUT2D eigenvalue weighted by molar-refractivity contribution is -0.0425. The van der Waals surface area contributed by atoms with Crippen LogP contribution in [0.1, 0.15) is 12.5 Å². The van der Waals surface area contributed by atoms with Gasteiger partial charge in [-0.3, -0.25) is 4.90 Å². The van der Waals surface area contributed by atoms with Gasteiger partial charge in [0.1, 0.15) is 18.2 Å². The van der Waals surface area contributed by atoms with E-state index in [1.165, 1.54) is 12.1 Å². The van der Waals surface area contributed by atoms with Crippen LogP contribution in [0.15, 0.2) is 18.2 Å². The number of halogens is 1. The molecule has 2 heterocycles. The summed E-state index contributed by atoms with van der Waals surface area (Å²) >= 11 is 0. The van der Waals surface area contributed by atoms with E-state index in [-0.39, 0.29) is 11.9 Å². The zero-order valence-corrected chi connectivity index (χ0v) is 10.6. The highest BCUT2D eigenvalue weighted by Gasteiger charge is 2.28. The van der Waals surface area contributed by atoms with Crippen LogP contribution < -0.4 is 4.74 Å². The molecule has 3 nitrogen and oxygen atoms in total. The van der Waals surface area contributed by atoms with Crippen LogP contribution in [-0.4, -0.2) is 43.3 Å². The molecule has 0 aromatic heterocycles. The van der Waals surface area contributed by atoms with Crippen LogP contribution in [0, 0.1) is 5.82 Å². The van der Waals surface area contributed by atoms with Gasteiger partial charge in [-0.05, 0) is 25.0 Å². The number of ether oxygens (including phenoxy) is 2. The highest BCUT2D eigenvalue weighted by Crippen LogP contribution is 2.27. The molecule has 2 aliphatic heterocycles. The number of benzene rings is 1. The van der Waals surface area contributed by atoms with Crippen LogP contribution in [0.2, 0.25) is 0 Å². The third-order valence-electron chi connectivity index (χ3n) is 3.70. The van der Waals surface area contributed by atoms with E-state index in [0.29, 0.717) is 18.4 Å². The molecular weight excluding hydrogens is 233 g/mol. The van der Waals surface area contributed by atoms with Crippen molar-refractivity contribution in [3.63, 3.8) is 0 Å². The average Bonchev–Trinajstić information content (AvgIpc) is 2.38. The lowest BCUT2D eigenvalue weighted by Gasteiger charge is -2.39. The summed E-state index contributed by atoms with van der Waals surface area (Å²) in [6.45, 7) is 5.43. The Bertz CT molecular complexity index is 438. The van der Waals surface area contributed by atoms with Crippen molar-refractivity contribution < 1.29 is 13.9 Å². The van der Waals surface area contributed by atoms with Crippen molar-refractivity contribution in [1.29, 1.82) is 0 Å². The molecule has 98 valence electrons. The van der Waals surface area contributed by atoms with Crippen molar-refractivity contribution in [3.8, 4) is 5.75 Å². The maximum Gasteiger partial charge on any atom is 0.126 e. The molecule has 1 saturated heterocycles. The molecule has 0 saturated carbocycles. The van der Waals surface area contributed by atoms with Gasteiger partial charge in [0.2, 0.25) is 0 Å². The number of rotatable bonds is 1. The summed E-state index contributed by atoms with van der Waals surface area (Å²) in [6, 6.07) is 5.20. The van der Waals surface area contributed by atoms with Crippen molar-refractivity contribution >= 4 is 0 Å². The number of hydrogen-bond acceptors (Lipinski definition) is 3. The Balaban J connectivity index is 1.72. The molecule has 0 amide bonds. The maximum atomic E-state index is 13.1. The van der Waals surface area contributed by atoms with Gasteiger partial charge < -0.3 is 9.47 Å². The molecular formula is C14H18FNO2.